The summed E-state index contributed by atoms with van der Waals surface area (Å²) in [5.41, 5.74) is 3.89. The summed E-state index contributed by atoms with van der Waals surface area (Å²) >= 11 is 5.63. The molecule has 2 rings (SSSR count). The Morgan fingerprint density at radius 3 is 2.42 bits per heavy atom. The van der Waals surface area contributed by atoms with Crippen LogP contribution in [0.15, 0.2) is 40.2 Å². The van der Waals surface area contributed by atoms with E-state index in [1.54, 1.807) is 0 Å². The monoisotopic (exact) mass is 303 g/mol. The summed E-state index contributed by atoms with van der Waals surface area (Å²) in [6.07, 6.45) is 0.481. The van der Waals surface area contributed by atoms with Crippen molar-refractivity contribution in [2.45, 2.75) is 4.90 Å². The lowest BCUT2D eigenvalue weighted by atomic mass is 10.4. The lowest BCUT2D eigenvalue weighted by Crippen LogP contribution is -2.30. The standard InChI is InChI=1S/C10H7ClFN3O3S/c11-6-1-3-7(4-2-6)19(17,18)15-5-8(12)9(13)14-10(15)16/h1-5H,(H2,13,14,16). The molecule has 0 unspecified atom stereocenters. The minimum absolute atomic E-state index is 0.182. The fourth-order valence-corrected chi connectivity index (χ4v) is 2.63. The molecule has 2 aromatic rings. The van der Waals surface area contributed by atoms with Crippen LogP contribution in [0.3, 0.4) is 0 Å². The van der Waals surface area contributed by atoms with Gasteiger partial charge in [0.05, 0.1) is 11.1 Å². The van der Waals surface area contributed by atoms with Crippen molar-refractivity contribution in [3.63, 3.8) is 0 Å². The van der Waals surface area contributed by atoms with Crippen molar-refractivity contribution in [3.05, 3.63) is 51.8 Å². The van der Waals surface area contributed by atoms with Crippen molar-refractivity contribution in [1.29, 1.82) is 0 Å². The van der Waals surface area contributed by atoms with Gasteiger partial charge < -0.3 is 5.73 Å². The van der Waals surface area contributed by atoms with E-state index in [0.29, 0.717) is 11.2 Å². The second kappa shape index (κ2) is 4.63. The lowest BCUT2D eigenvalue weighted by molar-refractivity contribution is 0.572. The zero-order chi connectivity index (χ0) is 14.2. The highest BCUT2D eigenvalue weighted by Gasteiger charge is 2.20. The van der Waals surface area contributed by atoms with Crippen LogP contribution in [0.5, 0.6) is 0 Å². The molecule has 0 saturated heterocycles. The van der Waals surface area contributed by atoms with Gasteiger partial charge in [-0.1, -0.05) is 11.6 Å². The Bertz CT molecular complexity index is 787. The molecule has 0 atom stereocenters. The van der Waals surface area contributed by atoms with Crippen molar-refractivity contribution in [3.8, 4) is 0 Å². The minimum atomic E-state index is -4.24. The first kappa shape index (κ1) is 13.5. The molecule has 0 bridgehead atoms. The van der Waals surface area contributed by atoms with Gasteiger partial charge in [0.1, 0.15) is 0 Å². The lowest BCUT2D eigenvalue weighted by Gasteiger charge is -2.07. The van der Waals surface area contributed by atoms with Gasteiger partial charge in [-0.25, -0.2) is 17.6 Å². The summed E-state index contributed by atoms with van der Waals surface area (Å²) in [5, 5.41) is 0.327. The highest BCUT2D eigenvalue weighted by Crippen LogP contribution is 2.16. The highest BCUT2D eigenvalue weighted by atomic mass is 35.5. The van der Waals surface area contributed by atoms with E-state index in [2.05, 4.69) is 4.98 Å². The number of nitrogens with two attached hydrogens (primary N) is 1. The summed E-state index contributed by atoms with van der Waals surface area (Å²) in [4.78, 5) is 14.3. The molecule has 0 radical (unpaired) electrons. The molecular formula is C10H7ClFN3O3S. The van der Waals surface area contributed by atoms with Gasteiger partial charge in [0.2, 0.25) is 0 Å². The van der Waals surface area contributed by atoms with Gasteiger partial charge in [-0.3, -0.25) is 0 Å². The first-order valence-electron chi connectivity index (χ1n) is 4.88. The van der Waals surface area contributed by atoms with Gasteiger partial charge in [0.25, 0.3) is 10.0 Å². The average Bonchev–Trinajstić information content (AvgIpc) is 2.34. The Morgan fingerprint density at radius 1 is 1.26 bits per heavy atom. The Balaban J connectivity index is 2.67. The quantitative estimate of drug-likeness (QED) is 0.887. The second-order valence-corrected chi connectivity index (χ2v) is 5.76. The first-order valence-corrected chi connectivity index (χ1v) is 6.70. The molecule has 0 amide bonds. The third-order valence-electron chi connectivity index (χ3n) is 2.25. The van der Waals surface area contributed by atoms with Crippen LogP contribution >= 0.6 is 11.6 Å². The molecule has 19 heavy (non-hydrogen) atoms. The SMILES string of the molecule is Nc1nc(=O)n(S(=O)(=O)c2ccc(Cl)cc2)cc1F. The first-order chi connectivity index (χ1) is 8.82. The molecule has 6 nitrogen and oxygen atoms in total. The third-order valence-corrected chi connectivity index (χ3v) is 4.15. The van der Waals surface area contributed by atoms with Gasteiger partial charge in [-0.2, -0.15) is 8.96 Å². The van der Waals surface area contributed by atoms with Crippen molar-refractivity contribution in [2.24, 2.45) is 0 Å². The average molecular weight is 304 g/mol. The Morgan fingerprint density at radius 2 is 1.84 bits per heavy atom. The number of halogens is 2. The van der Waals surface area contributed by atoms with Crippen LogP contribution in [0.2, 0.25) is 5.02 Å². The van der Waals surface area contributed by atoms with Crippen molar-refractivity contribution in [1.82, 2.24) is 8.96 Å². The van der Waals surface area contributed by atoms with Crippen LogP contribution < -0.4 is 11.4 Å². The van der Waals surface area contributed by atoms with Crippen molar-refractivity contribution < 1.29 is 12.8 Å². The summed E-state index contributed by atoms with van der Waals surface area (Å²) in [7, 11) is -4.24. The van der Waals surface area contributed by atoms with Gasteiger partial charge in [-0.05, 0) is 24.3 Å². The predicted molar refractivity (Wildman–Crippen MR) is 66.9 cm³/mol. The zero-order valence-corrected chi connectivity index (χ0v) is 10.8. The molecular weight excluding hydrogens is 297 g/mol. The van der Waals surface area contributed by atoms with Crippen molar-refractivity contribution in [2.75, 3.05) is 5.73 Å². The highest BCUT2D eigenvalue weighted by molar-refractivity contribution is 7.90. The van der Waals surface area contributed by atoms with E-state index in [4.69, 9.17) is 17.3 Å². The number of nitrogen functional groups attached to an aromatic ring is 1. The fourth-order valence-electron chi connectivity index (χ4n) is 1.32. The molecule has 0 aliphatic heterocycles. The molecule has 2 N–H and O–H groups in total. The Hall–Kier alpha value is -1.93. The topological polar surface area (TPSA) is 95.0 Å². The van der Waals surface area contributed by atoms with Gasteiger partial charge in [0, 0.05) is 5.02 Å². The Labute approximate surface area is 112 Å². The molecule has 0 aliphatic rings. The molecule has 0 fully saturated rings. The molecule has 0 aliphatic carbocycles. The smallest absolute Gasteiger partial charge is 0.363 e. The van der Waals surface area contributed by atoms with Crippen LogP contribution in [0.1, 0.15) is 0 Å². The number of hydrogen-bond acceptors (Lipinski definition) is 5. The molecule has 0 spiro atoms. The van der Waals surface area contributed by atoms with E-state index in [9.17, 15) is 17.6 Å². The summed E-state index contributed by atoms with van der Waals surface area (Å²) in [6.45, 7) is 0. The number of benzene rings is 1. The normalized spacial score (nSPS) is 11.5. The molecule has 1 heterocycles. The summed E-state index contributed by atoms with van der Waals surface area (Å²) in [5.74, 6) is -1.76. The van der Waals surface area contributed by atoms with Gasteiger partial charge in [0.15, 0.2) is 11.6 Å². The molecule has 0 saturated carbocycles. The number of aromatic nitrogens is 2. The number of rotatable bonds is 2. The van der Waals surface area contributed by atoms with E-state index >= 15 is 0 Å². The molecule has 9 heteroatoms. The van der Waals surface area contributed by atoms with E-state index in [0.717, 1.165) is 0 Å². The Kier molecular flexibility index (Phi) is 3.29. The van der Waals surface area contributed by atoms with Crippen LogP contribution in [0, 0.1) is 5.82 Å². The van der Waals surface area contributed by atoms with E-state index in [1.807, 2.05) is 0 Å². The van der Waals surface area contributed by atoms with E-state index in [1.165, 1.54) is 24.3 Å². The summed E-state index contributed by atoms with van der Waals surface area (Å²) in [6, 6.07) is 5.05. The number of anilines is 1. The largest absolute Gasteiger partial charge is 0.381 e. The second-order valence-electron chi connectivity index (χ2n) is 3.51. The predicted octanol–water partition coefficient (Wildman–Crippen LogP) is 0.855. The van der Waals surface area contributed by atoms with Crippen molar-refractivity contribution >= 4 is 27.4 Å². The summed E-state index contributed by atoms with van der Waals surface area (Å²) < 4.78 is 37.6. The zero-order valence-electron chi connectivity index (χ0n) is 9.25. The van der Waals surface area contributed by atoms with Gasteiger partial charge in [-0.15, -0.1) is 0 Å². The van der Waals surface area contributed by atoms with Crippen LogP contribution in [0.25, 0.3) is 0 Å². The molecule has 1 aromatic carbocycles. The number of hydrogen-bond donors (Lipinski definition) is 1. The van der Waals surface area contributed by atoms with Crippen LogP contribution in [0.4, 0.5) is 10.2 Å². The maximum absolute atomic E-state index is 13.2. The van der Waals surface area contributed by atoms with E-state index in [-0.39, 0.29) is 8.87 Å². The number of nitrogens with zero attached hydrogens (tertiary/aromatic N) is 2. The van der Waals surface area contributed by atoms with Gasteiger partial charge >= 0.3 is 5.69 Å². The minimum Gasteiger partial charge on any atom is -0.381 e. The maximum Gasteiger partial charge on any atom is 0.363 e. The maximum atomic E-state index is 13.2. The molecule has 1 aromatic heterocycles. The van der Waals surface area contributed by atoms with Crippen LogP contribution in [-0.2, 0) is 10.0 Å². The van der Waals surface area contributed by atoms with E-state index < -0.39 is 27.3 Å². The fraction of sp³-hybridized carbons (Fsp3) is 0. The van der Waals surface area contributed by atoms with Crippen LogP contribution in [-0.4, -0.2) is 17.4 Å². The molecule has 100 valence electrons. The third kappa shape index (κ3) is 2.45.